The zero-order valence-corrected chi connectivity index (χ0v) is 21.6. The highest BCUT2D eigenvalue weighted by molar-refractivity contribution is 6.29. The quantitative estimate of drug-likeness (QED) is 0.560. The number of ether oxygens (including phenoxy) is 1. The highest BCUT2D eigenvalue weighted by Crippen LogP contribution is 2.32. The summed E-state index contributed by atoms with van der Waals surface area (Å²) in [6.07, 6.45) is 4.88. The van der Waals surface area contributed by atoms with Gasteiger partial charge in [0.1, 0.15) is 11.9 Å². The molecule has 0 bridgehead atoms. The van der Waals surface area contributed by atoms with Crippen LogP contribution in [0.5, 0.6) is 0 Å². The first-order valence-electron chi connectivity index (χ1n) is 12.0. The molecule has 0 aromatic carbocycles. The van der Waals surface area contributed by atoms with Crippen LogP contribution in [0.2, 0.25) is 0 Å². The molecule has 2 N–H and O–H groups in total. The van der Waals surface area contributed by atoms with E-state index >= 15 is 0 Å². The van der Waals surface area contributed by atoms with Crippen molar-refractivity contribution < 1.29 is 24.5 Å². The number of Topliss-reactive ketones (excluding diaryl/α,β-unsaturated/α-hetero) is 1. The standard InChI is InChI=1S/C27H38ClNO5/c1-17-9-8-10-20(28)12-13-22(18(2)15-21-11-6-7-14-29-21)34-24(31)16-23(30)27(4,5)26(33)19(3)25(17)32/h6-7,11-12,14-15,17,19,22-23,25,30,32H,8-10,13,16H2,1-5H3/b18-15+,20-12+/t17-,19+,22-,23-,25-/m0/s1. The number of hydrogen-bond donors (Lipinski definition) is 2. The second-order valence-electron chi connectivity index (χ2n) is 9.96. The largest absolute Gasteiger partial charge is 0.457 e. The number of nitrogens with zero attached hydrogens (tertiary/aromatic N) is 1. The summed E-state index contributed by atoms with van der Waals surface area (Å²) in [6, 6.07) is 5.56. The van der Waals surface area contributed by atoms with Crippen LogP contribution in [-0.2, 0) is 14.3 Å². The Balaban J connectivity index is 2.33. The molecule has 0 fully saturated rings. The van der Waals surface area contributed by atoms with Crippen LogP contribution in [0.3, 0.4) is 0 Å². The maximum atomic E-state index is 13.1. The van der Waals surface area contributed by atoms with Crippen molar-refractivity contribution in [2.24, 2.45) is 17.3 Å². The molecule has 1 aliphatic heterocycles. The predicted molar refractivity (Wildman–Crippen MR) is 134 cm³/mol. The molecule has 0 saturated heterocycles. The van der Waals surface area contributed by atoms with Crippen LogP contribution in [0, 0.1) is 17.3 Å². The molecule has 5 atom stereocenters. The Morgan fingerprint density at radius 3 is 2.59 bits per heavy atom. The summed E-state index contributed by atoms with van der Waals surface area (Å²) in [7, 11) is 0. The number of esters is 1. The summed E-state index contributed by atoms with van der Waals surface area (Å²) in [5.41, 5.74) is 0.323. The fourth-order valence-electron chi connectivity index (χ4n) is 4.23. The molecule has 0 spiro atoms. The first kappa shape index (κ1) is 28.2. The molecule has 0 radical (unpaired) electrons. The molecule has 1 aliphatic rings. The number of aromatic nitrogens is 1. The monoisotopic (exact) mass is 491 g/mol. The Hall–Kier alpha value is -2.02. The average molecular weight is 492 g/mol. The van der Waals surface area contributed by atoms with E-state index in [-0.39, 0.29) is 18.1 Å². The lowest BCUT2D eigenvalue weighted by molar-refractivity contribution is -0.154. The molecule has 0 unspecified atom stereocenters. The van der Waals surface area contributed by atoms with E-state index in [0.29, 0.717) is 24.3 Å². The molecule has 2 rings (SSSR count). The Labute approximate surface area is 208 Å². The van der Waals surface area contributed by atoms with Gasteiger partial charge in [-0.05, 0) is 55.9 Å². The summed E-state index contributed by atoms with van der Waals surface area (Å²) in [4.78, 5) is 30.2. The van der Waals surface area contributed by atoms with Gasteiger partial charge in [-0.2, -0.15) is 0 Å². The van der Waals surface area contributed by atoms with Crippen LogP contribution in [0.4, 0.5) is 0 Å². The third-order valence-electron chi connectivity index (χ3n) is 6.81. The lowest BCUT2D eigenvalue weighted by atomic mass is 9.73. The van der Waals surface area contributed by atoms with Crippen LogP contribution >= 0.6 is 11.6 Å². The molecule has 0 saturated carbocycles. The predicted octanol–water partition coefficient (Wildman–Crippen LogP) is 5.07. The molecule has 1 aromatic heterocycles. The van der Waals surface area contributed by atoms with E-state index in [0.717, 1.165) is 17.7 Å². The van der Waals surface area contributed by atoms with Crippen molar-refractivity contribution in [3.63, 3.8) is 0 Å². The number of pyridine rings is 1. The van der Waals surface area contributed by atoms with E-state index in [1.165, 1.54) is 0 Å². The molecule has 0 amide bonds. The molecule has 7 heteroatoms. The number of allylic oxidation sites excluding steroid dienone is 1. The highest BCUT2D eigenvalue weighted by atomic mass is 35.5. The van der Waals surface area contributed by atoms with Gasteiger partial charge in [0.15, 0.2) is 0 Å². The Bertz CT molecular complexity index is 896. The molecular weight excluding hydrogens is 454 g/mol. The minimum atomic E-state index is -1.25. The van der Waals surface area contributed by atoms with Crippen LogP contribution in [0.1, 0.15) is 72.4 Å². The van der Waals surface area contributed by atoms with Gasteiger partial charge in [-0.25, -0.2) is 0 Å². The van der Waals surface area contributed by atoms with E-state index < -0.39 is 35.6 Å². The van der Waals surface area contributed by atoms with Gasteiger partial charge in [-0.15, -0.1) is 0 Å². The van der Waals surface area contributed by atoms with Crippen LogP contribution < -0.4 is 0 Å². The molecule has 1 aromatic rings. The number of hydrogen-bond acceptors (Lipinski definition) is 6. The Morgan fingerprint density at radius 2 is 1.94 bits per heavy atom. The van der Waals surface area contributed by atoms with Crippen molar-refractivity contribution in [1.82, 2.24) is 4.98 Å². The van der Waals surface area contributed by atoms with E-state index in [1.54, 1.807) is 27.0 Å². The summed E-state index contributed by atoms with van der Waals surface area (Å²) in [5, 5.41) is 22.2. The lowest BCUT2D eigenvalue weighted by Crippen LogP contribution is -2.45. The van der Waals surface area contributed by atoms with Gasteiger partial charge in [-0.3, -0.25) is 14.6 Å². The topological polar surface area (TPSA) is 96.7 Å². The SMILES string of the molecule is C/C(=C\c1ccccn1)[C@@H]1C/C=C(/Cl)CCC[C@H](C)[C@H](O)[C@@H](C)C(=O)C(C)(C)[C@@H](O)CC(=O)O1. The zero-order chi connectivity index (χ0) is 25.5. The van der Waals surface area contributed by atoms with E-state index in [4.69, 9.17) is 16.3 Å². The number of halogens is 1. The first-order valence-corrected chi connectivity index (χ1v) is 12.3. The van der Waals surface area contributed by atoms with Crippen LogP contribution in [0.25, 0.3) is 6.08 Å². The van der Waals surface area contributed by atoms with Crippen molar-refractivity contribution in [3.8, 4) is 0 Å². The average Bonchev–Trinajstić information content (AvgIpc) is 2.79. The van der Waals surface area contributed by atoms with Gasteiger partial charge in [-0.1, -0.05) is 51.4 Å². The molecule has 2 heterocycles. The van der Waals surface area contributed by atoms with Crippen molar-refractivity contribution in [2.75, 3.05) is 0 Å². The molecule has 0 aliphatic carbocycles. The van der Waals surface area contributed by atoms with E-state index in [1.807, 2.05) is 44.2 Å². The molecule has 6 nitrogen and oxygen atoms in total. The fourth-order valence-corrected chi connectivity index (χ4v) is 4.46. The number of carbonyl (C=O) groups excluding carboxylic acids is 2. The van der Waals surface area contributed by atoms with Crippen LogP contribution in [-0.4, -0.2) is 45.3 Å². The number of aliphatic hydroxyl groups excluding tert-OH is 2. The second-order valence-corrected chi connectivity index (χ2v) is 10.4. The van der Waals surface area contributed by atoms with Gasteiger partial charge in [0.25, 0.3) is 0 Å². The molecule has 188 valence electrons. The van der Waals surface area contributed by atoms with Crippen molar-refractivity contribution >= 4 is 29.4 Å². The van der Waals surface area contributed by atoms with Gasteiger partial charge in [0.05, 0.1) is 29.7 Å². The van der Waals surface area contributed by atoms with E-state index in [9.17, 15) is 19.8 Å². The maximum Gasteiger partial charge on any atom is 0.309 e. The van der Waals surface area contributed by atoms with Gasteiger partial charge in [0.2, 0.25) is 0 Å². The Kier molecular flexibility index (Phi) is 10.5. The van der Waals surface area contributed by atoms with E-state index in [2.05, 4.69) is 4.98 Å². The fraction of sp³-hybridized carbons (Fsp3) is 0.593. The highest BCUT2D eigenvalue weighted by Gasteiger charge is 2.42. The van der Waals surface area contributed by atoms with Crippen LogP contribution in [0.15, 0.2) is 41.1 Å². The number of cyclic esters (lactones) is 1. The first-order chi connectivity index (χ1) is 15.9. The van der Waals surface area contributed by atoms with Crippen molar-refractivity contribution in [3.05, 3.63) is 46.8 Å². The number of carbonyl (C=O) groups is 2. The second kappa shape index (κ2) is 12.6. The van der Waals surface area contributed by atoms with Crippen molar-refractivity contribution in [2.45, 2.75) is 85.0 Å². The summed E-state index contributed by atoms with van der Waals surface area (Å²) in [5.74, 6) is -1.67. The Morgan fingerprint density at radius 1 is 1.24 bits per heavy atom. The zero-order valence-electron chi connectivity index (χ0n) is 20.8. The van der Waals surface area contributed by atoms with Gasteiger partial charge < -0.3 is 14.9 Å². The maximum absolute atomic E-state index is 13.1. The van der Waals surface area contributed by atoms with Crippen molar-refractivity contribution in [1.29, 1.82) is 0 Å². The minimum Gasteiger partial charge on any atom is -0.457 e. The normalized spacial score (nSPS) is 31.9. The third-order valence-corrected chi connectivity index (χ3v) is 7.15. The third kappa shape index (κ3) is 7.76. The molecular formula is C27H38ClNO5. The lowest BCUT2D eigenvalue weighted by Gasteiger charge is -2.34. The molecule has 34 heavy (non-hydrogen) atoms. The summed E-state index contributed by atoms with van der Waals surface area (Å²) < 4.78 is 5.74. The summed E-state index contributed by atoms with van der Waals surface area (Å²) in [6.45, 7) is 8.67. The number of rotatable bonds is 2. The van der Waals surface area contributed by atoms with Gasteiger partial charge >= 0.3 is 5.97 Å². The smallest absolute Gasteiger partial charge is 0.309 e. The minimum absolute atomic E-state index is 0.106. The number of ketones is 1. The number of aliphatic hydroxyl groups is 2. The summed E-state index contributed by atoms with van der Waals surface area (Å²) >= 11 is 6.44. The van der Waals surface area contributed by atoms with Gasteiger partial charge in [0, 0.05) is 23.6 Å².